The summed E-state index contributed by atoms with van der Waals surface area (Å²) >= 11 is 1.55. The van der Waals surface area contributed by atoms with E-state index in [-0.39, 0.29) is 12.7 Å². The number of hydrogen-bond donors (Lipinski definition) is 2. The highest BCUT2D eigenvalue weighted by atomic mass is 32.1. The van der Waals surface area contributed by atoms with E-state index in [0.717, 1.165) is 45.3 Å². The Morgan fingerprint density at radius 1 is 1.15 bits per heavy atom. The van der Waals surface area contributed by atoms with Crippen molar-refractivity contribution >= 4 is 32.6 Å². The van der Waals surface area contributed by atoms with Crippen molar-refractivity contribution in [1.82, 2.24) is 10.3 Å². The number of carbonyl (C=O) groups is 1. The first-order chi connectivity index (χ1) is 12.7. The van der Waals surface area contributed by atoms with Gasteiger partial charge in [-0.2, -0.15) is 0 Å². The van der Waals surface area contributed by atoms with Crippen molar-refractivity contribution in [1.29, 1.82) is 0 Å². The van der Waals surface area contributed by atoms with Gasteiger partial charge in [-0.05, 0) is 48.7 Å². The molecule has 6 nitrogen and oxygen atoms in total. The van der Waals surface area contributed by atoms with E-state index in [1.165, 1.54) is 0 Å². The molecule has 5 rings (SSSR count). The molecular formula is C19H17N3O3S. The highest BCUT2D eigenvalue weighted by molar-refractivity contribution is 7.22. The molecular weight excluding hydrogens is 350 g/mol. The lowest BCUT2D eigenvalue weighted by Crippen LogP contribution is -2.25. The van der Waals surface area contributed by atoms with Crippen LogP contribution in [0.3, 0.4) is 0 Å². The molecule has 0 atom stereocenters. The minimum atomic E-state index is -0.00216. The fraction of sp³-hybridized carbons (Fsp3) is 0.263. The molecule has 132 valence electrons. The lowest BCUT2D eigenvalue weighted by molar-refractivity contribution is 0.0951. The lowest BCUT2D eigenvalue weighted by atomic mass is 10.2. The van der Waals surface area contributed by atoms with E-state index >= 15 is 0 Å². The van der Waals surface area contributed by atoms with Gasteiger partial charge in [-0.15, -0.1) is 0 Å². The number of carbonyl (C=O) groups excluding carboxylic acids is 1. The van der Waals surface area contributed by atoms with Crippen LogP contribution in [-0.4, -0.2) is 23.7 Å². The molecule has 1 aliphatic carbocycles. The second-order valence-corrected chi connectivity index (χ2v) is 7.52. The first-order valence-electron chi connectivity index (χ1n) is 8.58. The summed E-state index contributed by atoms with van der Waals surface area (Å²) in [6.45, 7) is 0.923. The number of nitrogens with zero attached hydrogens (tertiary/aromatic N) is 1. The van der Waals surface area contributed by atoms with Crippen LogP contribution in [0.15, 0.2) is 36.4 Å². The molecule has 3 aromatic rings. The summed E-state index contributed by atoms with van der Waals surface area (Å²) in [7, 11) is 0. The molecule has 1 amide bonds. The smallest absolute Gasteiger partial charge is 0.251 e. The molecule has 1 aromatic heterocycles. The third-order valence-corrected chi connectivity index (χ3v) is 5.42. The van der Waals surface area contributed by atoms with Gasteiger partial charge in [0.15, 0.2) is 16.6 Å². The minimum Gasteiger partial charge on any atom is -0.454 e. The van der Waals surface area contributed by atoms with Crippen molar-refractivity contribution in [3.8, 4) is 11.5 Å². The topological polar surface area (TPSA) is 72.5 Å². The quantitative estimate of drug-likeness (QED) is 0.722. The number of rotatable bonds is 5. The minimum absolute atomic E-state index is 0.00216. The van der Waals surface area contributed by atoms with Gasteiger partial charge in [0, 0.05) is 18.2 Å². The molecule has 2 heterocycles. The third-order valence-electron chi connectivity index (χ3n) is 4.44. The SMILES string of the molecule is O=C(NC1CC1)c1ccc2nc(NCc3ccc4c(c3)OCO4)sc2c1. The normalized spacial score (nSPS) is 15.2. The summed E-state index contributed by atoms with van der Waals surface area (Å²) in [6.07, 6.45) is 2.17. The maximum absolute atomic E-state index is 12.2. The molecule has 0 unspecified atom stereocenters. The van der Waals surface area contributed by atoms with E-state index in [1.807, 2.05) is 36.4 Å². The van der Waals surface area contributed by atoms with E-state index in [1.54, 1.807) is 11.3 Å². The van der Waals surface area contributed by atoms with Gasteiger partial charge in [-0.25, -0.2) is 4.98 Å². The first kappa shape index (κ1) is 15.5. The maximum Gasteiger partial charge on any atom is 0.251 e. The molecule has 0 radical (unpaired) electrons. The van der Waals surface area contributed by atoms with E-state index in [9.17, 15) is 4.79 Å². The first-order valence-corrected chi connectivity index (χ1v) is 9.40. The molecule has 1 saturated carbocycles. The number of anilines is 1. The van der Waals surface area contributed by atoms with Crippen LogP contribution in [0.25, 0.3) is 10.2 Å². The number of fused-ring (bicyclic) bond motifs is 2. The number of aromatic nitrogens is 1. The summed E-state index contributed by atoms with van der Waals surface area (Å²) < 4.78 is 11.7. The fourth-order valence-corrected chi connectivity index (χ4v) is 3.77. The maximum atomic E-state index is 12.2. The van der Waals surface area contributed by atoms with Crippen molar-refractivity contribution in [3.63, 3.8) is 0 Å². The molecule has 1 aliphatic heterocycles. The Bertz CT molecular complexity index is 997. The Kier molecular flexibility index (Phi) is 3.67. The zero-order valence-electron chi connectivity index (χ0n) is 14.0. The molecule has 0 bridgehead atoms. The molecule has 7 heteroatoms. The number of nitrogens with one attached hydrogen (secondary N) is 2. The Morgan fingerprint density at radius 3 is 2.92 bits per heavy atom. The van der Waals surface area contributed by atoms with Crippen LogP contribution in [-0.2, 0) is 6.54 Å². The standard InChI is InChI=1S/C19H17N3O3S/c23-18(21-13-3-4-13)12-2-5-14-17(8-12)26-19(22-14)20-9-11-1-6-15-16(7-11)25-10-24-15/h1-2,5-8,13H,3-4,9-10H2,(H,20,22)(H,21,23). The van der Waals surface area contributed by atoms with Crippen LogP contribution in [0, 0.1) is 0 Å². The molecule has 2 N–H and O–H groups in total. The Labute approximate surface area is 154 Å². The zero-order chi connectivity index (χ0) is 17.5. The van der Waals surface area contributed by atoms with Crippen LogP contribution in [0.4, 0.5) is 5.13 Å². The van der Waals surface area contributed by atoms with Crippen LogP contribution >= 0.6 is 11.3 Å². The number of amides is 1. The van der Waals surface area contributed by atoms with Crippen LogP contribution in [0.1, 0.15) is 28.8 Å². The van der Waals surface area contributed by atoms with Gasteiger partial charge in [-0.1, -0.05) is 17.4 Å². The Hall–Kier alpha value is -2.80. The fourth-order valence-electron chi connectivity index (χ4n) is 2.87. The molecule has 2 aliphatic rings. The van der Waals surface area contributed by atoms with Crippen LogP contribution in [0.5, 0.6) is 11.5 Å². The number of hydrogen-bond acceptors (Lipinski definition) is 6. The molecule has 0 spiro atoms. The Morgan fingerprint density at radius 2 is 2.04 bits per heavy atom. The van der Waals surface area contributed by atoms with Crippen LogP contribution < -0.4 is 20.1 Å². The van der Waals surface area contributed by atoms with Crippen molar-refractivity contribution in [2.24, 2.45) is 0 Å². The van der Waals surface area contributed by atoms with Gasteiger partial charge >= 0.3 is 0 Å². The second kappa shape index (κ2) is 6.17. The van der Waals surface area contributed by atoms with Gasteiger partial charge in [0.2, 0.25) is 6.79 Å². The molecule has 0 saturated heterocycles. The monoisotopic (exact) mass is 367 g/mol. The highest BCUT2D eigenvalue weighted by Crippen LogP contribution is 2.33. The summed E-state index contributed by atoms with van der Waals surface area (Å²) in [5.41, 5.74) is 2.68. The van der Waals surface area contributed by atoms with Crippen molar-refractivity contribution in [3.05, 3.63) is 47.5 Å². The van der Waals surface area contributed by atoms with Crippen molar-refractivity contribution in [2.75, 3.05) is 12.1 Å². The average molecular weight is 367 g/mol. The molecule has 26 heavy (non-hydrogen) atoms. The molecule has 1 fully saturated rings. The summed E-state index contributed by atoms with van der Waals surface area (Å²) in [4.78, 5) is 16.8. The number of ether oxygens (including phenoxy) is 2. The van der Waals surface area contributed by atoms with Gasteiger partial charge in [0.25, 0.3) is 5.91 Å². The molecule has 2 aromatic carbocycles. The second-order valence-electron chi connectivity index (χ2n) is 6.49. The van der Waals surface area contributed by atoms with Gasteiger partial charge < -0.3 is 20.1 Å². The van der Waals surface area contributed by atoms with Gasteiger partial charge in [-0.3, -0.25) is 4.79 Å². The number of thiazole rings is 1. The number of benzene rings is 2. The van der Waals surface area contributed by atoms with Gasteiger partial charge in [0.1, 0.15) is 0 Å². The third kappa shape index (κ3) is 3.06. The Balaban J connectivity index is 1.30. The van der Waals surface area contributed by atoms with E-state index < -0.39 is 0 Å². The summed E-state index contributed by atoms with van der Waals surface area (Å²) in [6, 6.07) is 11.9. The van der Waals surface area contributed by atoms with Crippen molar-refractivity contribution < 1.29 is 14.3 Å². The largest absolute Gasteiger partial charge is 0.454 e. The van der Waals surface area contributed by atoms with E-state index in [2.05, 4.69) is 15.6 Å². The highest BCUT2D eigenvalue weighted by Gasteiger charge is 2.24. The summed E-state index contributed by atoms with van der Waals surface area (Å²) in [5.74, 6) is 1.56. The lowest BCUT2D eigenvalue weighted by Gasteiger charge is -2.04. The van der Waals surface area contributed by atoms with E-state index in [4.69, 9.17) is 9.47 Å². The average Bonchev–Trinajstić information content (AvgIpc) is 3.19. The van der Waals surface area contributed by atoms with Gasteiger partial charge in [0.05, 0.1) is 10.2 Å². The summed E-state index contributed by atoms with van der Waals surface area (Å²) in [5, 5.41) is 7.19. The van der Waals surface area contributed by atoms with Crippen molar-refractivity contribution in [2.45, 2.75) is 25.4 Å². The predicted molar refractivity (Wildman–Crippen MR) is 100.0 cm³/mol. The van der Waals surface area contributed by atoms with E-state index in [0.29, 0.717) is 18.2 Å². The zero-order valence-corrected chi connectivity index (χ0v) is 14.8. The predicted octanol–water partition coefficient (Wildman–Crippen LogP) is 3.53. The van der Waals surface area contributed by atoms with Crippen LogP contribution in [0.2, 0.25) is 0 Å².